The molecule has 1 aliphatic rings. The van der Waals surface area contributed by atoms with Crippen molar-refractivity contribution in [2.45, 2.75) is 6.61 Å². The lowest BCUT2D eigenvalue weighted by molar-refractivity contribution is 0.174. The van der Waals surface area contributed by atoms with Gasteiger partial charge in [-0.3, -0.25) is 4.79 Å². The molecular formula is C34H28N4O6. The number of hydrogen-bond donors (Lipinski definition) is 0. The molecule has 4 aromatic carbocycles. The Hall–Kier alpha value is -5.77. The number of methoxy groups -OCH3 is 1. The molecule has 0 radical (unpaired) electrons. The lowest BCUT2D eigenvalue weighted by Gasteiger charge is -2.16. The summed E-state index contributed by atoms with van der Waals surface area (Å²) >= 11 is 0. The van der Waals surface area contributed by atoms with Crippen LogP contribution in [0.5, 0.6) is 23.0 Å². The first-order valence-corrected chi connectivity index (χ1v) is 13.9. The molecule has 3 heterocycles. The number of nitrogens with zero attached hydrogens (tertiary/aromatic N) is 4. The lowest BCUT2D eigenvalue weighted by atomic mass is 10.1. The van der Waals surface area contributed by atoms with Gasteiger partial charge in [-0.2, -0.15) is 9.78 Å². The fourth-order valence-electron chi connectivity index (χ4n) is 5.06. The van der Waals surface area contributed by atoms with Gasteiger partial charge in [0, 0.05) is 31.4 Å². The van der Waals surface area contributed by atoms with Gasteiger partial charge < -0.3 is 28.3 Å². The predicted octanol–water partition coefficient (Wildman–Crippen LogP) is 6.07. The summed E-state index contributed by atoms with van der Waals surface area (Å²) in [6, 6.07) is 26.0. The summed E-state index contributed by atoms with van der Waals surface area (Å²) in [6.07, 6.45) is 1.60. The van der Waals surface area contributed by atoms with Crippen molar-refractivity contribution in [1.29, 1.82) is 0 Å². The van der Waals surface area contributed by atoms with Crippen LogP contribution in [0.15, 0.2) is 99.2 Å². The monoisotopic (exact) mass is 588 g/mol. The van der Waals surface area contributed by atoms with Crippen LogP contribution in [-0.2, 0) is 6.61 Å². The van der Waals surface area contributed by atoms with E-state index in [-0.39, 0.29) is 24.8 Å². The van der Waals surface area contributed by atoms with Crippen LogP contribution >= 0.6 is 0 Å². The van der Waals surface area contributed by atoms with Gasteiger partial charge in [0.25, 0.3) is 5.56 Å². The van der Waals surface area contributed by atoms with Crippen molar-refractivity contribution in [3.05, 3.63) is 106 Å². The fourth-order valence-corrected chi connectivity index (χ4v) is 5.06. The zero-order valence-electron chi connectivity index (χ0n) is 24.3. The van der Waals surface area contributed by atoms with Crippen molar-refractivity contribution in [1.82, 2.24) is 9.66 Å². The highest BCUT2D eigenvalue weighted by molar-refractivity contribution is 5.89. The first-order chi connectivity index (χ1) is 21.5. The Morgan fingerprint density at radius 2 is 1.80 bits per heavy atom. The number of benzene rings is 4. The van der Waals surface area contributed by atoms with Crippen LogP contribution in [0.3, 0.4) is 0 Å². The second kappa shape index (κ2) is 11.1. The van der Waals surface area contributed by atoms with Gasteiger partial charge in [-0.05, 0) is 60.2 Å². The standard InChI is InChI=1S/C34H28N4O6/c1-37(2)23-13-12-22(30(16-23)41-19-21-11-14-29-31(15-21)43-20-42-29)18-35-38-33(36-26-8-5-4-7-24(26)34(38)39)32-17-25-27(40-3)9-6-10-28(25)44-32/h4-18H,19-20H2,1-3H3. The Kier molecular flexibility index (Phi) is 6.86. The number of rotatable bonds is 8. The van der Waals surface area contributed by atoms with Crippen molar-refractivity contribution >= 4 is 33.8 Å². The molecule has 7 rings (SSSR count). The van der Waals surface area contributed by atoms with Gasteiger partial charge in [0.05, 0.1) is 29.6 Å². The first kappa shape index (κ1) is 27.1. The van der Waals surface area contributed by atoms with Gasteiger partial charge >= 0.3 is 0 Å². The minimum atomic E-state index is -0.331. The van der Waals surface area contributed by atoms with E-state index in [2.05, 4.69) is 5.10 Å². The fraction of sp³-hybridized carbons (Fsp3) is 0.147. The minimum Gasteiger partial charge on any atom is -0.496 e. The molecule has 0 spiro atoms. The molecule has 0 N–H and O–H groups in total. The van der Waals surface area contributed by atoms with E-state index < -0.39 is 0 Å². The van der Waals surface area contributed by atoms with Crippen LogP contribution in [0, 0.1) is 0 Å². The molecule has 0 fully saturated rings. The number of hydrogen-bond acceptors (Lipinski definition) is 9. The number of fused-ring (bicyclic) bond motifs is 3. The molecule has 1 aliphatic heterocycles. The Morgan fingerprint density at radius 1 is 0.932 bits per heavy atom. The summed E-state index contributed by atoms with van der Waals surface area (Å²) in [4.78, 5) is 20.6. The summed E-state index contributed by atoms with van der Waals surface area (Å²) in [6.45, 7) is 0.496. The zero-order chi connectivity index (χ0) is 30.2. The highest BCUT2D eigenvalue weighted by Gasteiger charge is 2.18. The summed E-state index contributed by atoms with van der Waals surface area (Å²) in [5.74, 6) is 3.29. The Balaban J connectivity index is 1.30. The average molecular weight is 589 g/mol. The molecule has 0 aliphatic carbocycles. The van der Waals surface area contributed by atoms with Gasteiger partial charge in [-0.1, -0.05) is 24.3 Å². The van der Waals surface area contributed by atoms with Gasteiger partial charge in [0.1, 0.15) is 23.7 Å². The van der Waals surface area contributed by atoms with Gasteiger partial charge in [-0.15, -0.1) is 0 Å². The van der Waals surface area contributed by atoms with E-state index >= 15 is 0 Å². The molecule has 0 saturated carbocycles. The molecule has 0 amide bonds. The van der Waals surface area contributed by atoms with Crippen molar-refractivity contribution in [2.75, 3.05) is 32.9 Å². The van der Waals surface area contributed by atoms with E-state index in [1.807, 2.05) is 85.7 Å². The van der Waals surface area contributed by atoms with Crippen molar-refractivity contribution in [2.24, 2.45) is 5.10 Å². The highest BCUT2D eigenvalue weighted by atomic mass is 16.7. The first-order valence-electron chi connectivity index (χ1n) is 13.9. The minimum absolute atomic E-state index is 0.206. The largest absolute Gasteiger partial charge is 0.496 e. The molecule has 220 valence electrons. The molecule has 6 aromatic rings. The van der Waals surface area contributed by atoms with E-state index in [0.29, 0.717) is 50.8 Å². The summed E-state index contributed by atoms with van der Waals surface area (Å²) in [7, 11) is 5.52. The number of aromatic nitrogens is 2. The molecular weight excluding hydrogens is 560 g/mol. The third-order valence-corrected chi connectivity index (χ3v) is 7.37. The van der Waals surface area contributed by atoms with E-state index in [0.717, 1.165) is 16.6 Å². The number of anilines is 1. The third kappa shape index (κ3) is 4.96. The average Bonchev–Trinajstić information content (AvgIpc) is 3.70. The summed E-state index contributed by atoms with van der Waals surface area (Å²) in [5.41, 5.74) is 3.36. The van der Waals surface area contributed by atoms with Crippen LogP contribution in [0.1, 0.15) is 11.1 Å². The second-order valence-corrected chi connectivity index (χ2v) is 10.4. The van der Waals surface area contributed by atoms with Gasteiger partial charge in [0.2, 0.25) is 12.6 Å². The molecule has 0 bridgehead atoms. The van der Waals surface area contributed by atoms with Crippen LogP contribution in [0.25, 0.3) is 33.5 Å². The van der Waals surface area contributed by atoms with Crippen molar-refractivity contribution in [3.63, 3.8) is 0 Å². The van der Waals surface area contributed by atoms with Crippen LogP contribution < -0.4 is 29.4 Å². The maximum Gasteiger partial charge on any atom is 0.282 e. The zero-order valence-corrected chi connectivity index (χ0v) is 24.3. The van der Waals surface area contributed by atoms with E-state index in [1.54, 1.807) is 31.5 Å². The maximum atomic E-state index is 13.8. The molecule has 44 heavy (non-hydrogen) atoms. The molecule has 0 unspecified atom stereocenters. The van der Waals surface area contributed by atoms with Gasteiger partial charge in [0.15, 0.2) is 17.3 Å². The SMILES string of the molecule is COc1cccc2oc(-c3nc4ccccc4c(=O)n3N=Cc3ccc(N(C)C)cc3OCc3ccc4c(c3)OCO4)cc12. The van der Waals surface area contributed by atoms with Crippen molar-refractivity contribution in [3.8, 4) is 34.6 Å². The smallest absolute Gasteiger partial charge is 0.282 e. The summed E-state index contributed by atoms with van der Waals surface area (Å²) in [5, 5.41) is 5.85. The molecule has 10 nitrogen and oxygen atoms in total. The van der Waals surface area contributed by atoms with Crippen LogP contribution in [0.2, 0.25) is 0 Å². The van der Waals surface area contributed by atoms with Crippen LogP contribution in [-0.4, -0.2) is 43.9 Å². The molecule has 2 aromatic heterocycles. The van der Waals surface area contributed by atoms with E-state index in [1.165, 1.54) is 4.68 Å². The maximum absolute atomic E-state index is 13.8. The quantitative estimate of drug-likeness (QED) is 0.198. The number of para-hydroxylation sites is 1. The molecule has 0 saturated heterocycles. The van der Waals surface area contributed by atoms with Crippen molar-refractivity contribution < 1.29 is 23.4 Å². The van der Waals surface area contributed by atoms with Gasteiger partial charge in [-0.25, -0.2) is 4.98 Å². The molecule has 10 heteroatoms. The number of furan rings is 1. The summed E-state index contributed by atoms with van der Waals surface area (Å²) < 4.78 is 30.2. The Morgan fingerprint density at radius 3 is 2.66 bits per heavy atom. The van der Waals surface area contributed by atoms with Crippen LogP contribution in [0.4, 0.5) is 5.69 Å². The van der Waals surface area contributed by atoms with E-state index in [9.17, 15) is 4.79 Å². The second-order valence-electron chi connectivity index (χ2n) is 10.4. The lowest BCUT2D eigenvalue weighted by Crippen LogP contribution is -2.20. The Labute approximate surface area is 252 Å². The third-order valence-electron chi connectivity index (χ3n) is 7.37. The van der Waals surface area contributed by atoms with E-state index in [4.69, 9.17) is 28.3 Å². The Bertz CT molecular complexity index is 2110. The topological polar surface area (TPSA) is 101 Å². The normalized spacial score (nSPS) is 12.3. The highest BCUT2D eigenvalue weighted by Crippen LogP contribution is 2.34. The number of ether oxygens (including phenoxy) is 4. The molecule has 0 atom stereocenters. The predicted molar refractivity (Wildman–Crippen MR) is 168 cm³/mol.